The summed E-state index contributed by atoms with van der Waals surface area (Å²) >= 11 is 4.81. The second-order valence-electron chi connectivity index (χ2n) is 8.20. The lowest BCUT2D eigenvalue weighted by atomic mass is 10.0. The molecule has 2 atom stereocenters. The molecule has 3 aromatic rings. The van der Waals surface area contributed by atoms with Crippen molar-refractivity contribution in [3.05, 3.63) is 77.9 Å². The molecule has 4 rings (SSSR count). The van der Waals surface area contributed by atoms with Crippen LogP contribution in [-0.2, 0) is 12.8 Å². The lowest BCUT2D eigenvalue weighted by Crippen LogP contribution is -2.42. The summed E-state index contributed by atoms with van der Waals surface area (Å²) < 4.78 is 5.29. The first-order valence-electron chi connectivity index (χ1n) is 11.0. The summed E-state index contributed by atoms with van der Waals surface area (Å²) in [6, 6.07) is 24.3. The largest absolute Gasteiger partial charge is 0.497 e. The Morgan fingerprint density at radius 2 is 1.73 bits per heavy atom. The fraction of sp³-hybridized carbons (Fsp3) is 0.385. The van der Waals surface area contributed by atoms with Crippen molar-refractivity contribution in [2.75, 3.05) is 33.3 Å². The number of nitrogens with one attached hydrogen (secondary N) is 1. The molecule has 1 heterocycles. The molecular formula is C26H32N2OS. The second kappa shape index (κ2) is 10.3. The predicted molar refractivity (Wildman–Crippen MR) is 130 cm³/mol. The van der Waals surface area contributed by atoms with Gasteiger partial charge in [-0.05, 0) is 59.8 Å². The van der Waals surface area contributed by atoms with Crippen LogP contribution in [0.3, 0.4) is 0 Å². The van der Waals surface area contributed by atoms with Gasteiger partial charge in [-0.3, -0.25) is 0 Å². The summed E-state index contributed by atoms with van der Waals surface area (Å²) in [4.78, 5) is 2.61. The minimum absolute atomic E-state index is 0.450. The van der Waals surface area contributed by atoms with Gasteiger partial charge in [0.1, 0.15) is 5.75 Å². The van der Waals surface area contributed by atoms with Gasteiger partial charge in [0.05, 0.1) is 7.11 Å². The van der Waals surface area contributed by atoms with E-state index in [1.807, 2.05) is 0 Å². The van der Waals surface area contributed by atoms with Crippen LogP contribution in [0.15, 0.2) is 66.7 Å². The molecule has 0 spiro atoms. The predicted octanol–water partition coefficient (Wildman–Crippen LogP) is 4.60. The SMILES string of the molecule is COc1ccc(CCN(CCc2cccc3ccccc23)C[C@@H]2NCC[C@@H]2S)cc1. The minimum Gasteiger partial charge on any atom is -0.497 e. The third kappa shape index (κ3) is 5.37. The molecule has 4 heteroatoms. The quantitative estimate of drug-likeness (QED) is 0.495. The first kappa shape index (κ1) is 21.2. The van der Waals surface area contributed by atoms with E-state index >= 15 is 0 Å². The van der Waals surface area contributed by atoms with Crippen molar-refractivity contribution in [2.45, 2.75) is 30.6 Å². The van der Waals surface area contributed by atoms with Gasteiger partial charge >= 0.3 is 0 Å². The van der Waals surface area contributed by atoms with Crippen molar-refractivity contribution in [2.24, 2.45) is 0 Å². The van der Waals surface area contributed by atoms with Crippen molar-refractivity contribution in [1.29, 1.82) is 0 Å². The lowest BCUT2D eigenvalue weighted by molar-refractivity contribution is 0.256. The Hall–Kier alpha value is -2.01. The van der Waals surface area contributed by atoms with E-state index in [2.05, 4.69) is 76.9 Å². The maximum Gasteiger partial charge on any atom is 0.118 e. The van der Waals surface area contributed by atoms with Crippen LogP contribution in [0.25, 0.3) is 10.8 Å². The molecule has 0 aromatic heterocycles. The number of methoxy groups -OCH3 is 1. The van der Waals surface area contributed by atoms with E-state index in [1.54, 1.807) is 7.11 Å². The topological polar surface area (TPSA) is 24.5 Å². The van der Waals surface area contributed by atoms with Gasteiger partial charge in [-0.15, -0.1) is 0 Å². The van der Waals surface area contributed by atoms with Crippen LogP contribution in [0, 0.1) is 0 Å². The van der Waals surface area contributed by atoms with Crippen LogP contribution in [0.4, 0.5) is 0 Å². The van der Waals surface area contributed by atoms with Gasteiger partial charge in [0.25, 0.3) is 0 Å². The van der Waals surface area contributed by atoms with Crippen LogP contribution in [0.2, 0.25) is 0 Å². The van der Waals surface area contributed by atoms with Gasteiger partial charge in [-0.2, -0.15) is 12.6 Å². The molecule has 0 aliphatic carbocycles. The first-order chi connectivity index (χ1) is 14.7. The van der Waals surface area contributed by atoms with Crippen molar-refractivity contribution >= 4 is 23.4 Å². The molecule has 0 saturated carbocycles. The molecule has 1 aliphatic rings. The summed E-state index contributed by atoms with van der Waals surface area (Å²) in [5, 5.41) is 6.80. The number of rotatable bonds is 9. The zero-order chi connectivity index (χ0) is 20.8. The Morgan fingerprint density at radius 3 is 2.50 bits per heavy atom. The molecule has 0 amide bonds. The van der Waals surface area contributed by atoms with Crippen LogP contribution in [0.1, 0.15) is 17.5 Å². The van der Waals surface area contributed by atoms with E-state index < -0.39 is 0 Å². The zero-order valence-corrected chi connectivity index (χ0v) is 18.7. The maximum atomic E-state index is 5.29. The fourth-order valence-electron chi connectivity index (χ4n) is 4.38. The Bertz CT molecular complexity index is 938. The molecule has 30 heavy (non-hydrogen) atoms. The molecule has 3 nitrogen and oxygen atoms in total. The molecule has 3 aromatic carbocycles. The van der Waals surface area contributed by atoms with E-state index in [-0.39, 0.29) is 0 Å². The molecule has 0 radical (unpaired) electrons. The first-order valence-corrected chi connectivity index (χ1v) is 11.5. The minimum atomic E-state index is 0.450. The summed E-state index contributed by atoms with van der Waals surface area (Å²) in [5.74, 6) is 0.916. The summed E-state index contributed by atoms with van der Waals surface area (Å²) in [7, 11) is 1.71. The average Bonchev–Trinajstić information content (AvgIpc) is 3.20. The highest BCUT2D eigenvalue weighted by molar-refractivity contribution is 7.81. The summed E-state index contributed by atoms with van der Waals surface area (Å²) in [6.07, 6.45) is 3.26. The van der Waals surface area contributed by atoms with Gasteiger partial charge in [0.15, 0.2) is 0 Å². The number of hydrogen-bond acceptors (Lipinski definition) is 4. The number of benzene rings is 3. The number of hydrogen-bond donors (Lipinski definition) is 2. The van der Waals surface area contributed by atoms with Gasteiger partial charge in [-0.25, -0.2) is 0 Å². The molecule has 1 N–H and O–H groups in total. The molecule has 0 bridgehead atoms. The van der Waals surface area contributed by atoms with Crippen LogP contribution < -0.4 is 10.1 Å². The molecule has 1 aliphatic heterocycles. The highest BCUT2D eigenvalue weighted by atomic mass is 32.1. The van der Waals surface area contributed by atoms with Crippen LogP contribution in [0.5, 0.6) is 5.75 Å². The van der Waals surface area contributed by atoms with Gasteiger partial charge < -0.3 is 15.0 Å². The Morgan fingerprint density at radius 1 is 0.967 bits per heavy atom. The summed E-state index contributed by atoms with van der Waals surface area (Å²) in [6.45, 7) is 4.24. The highest BCUT2D eigenvalue weighted by Crippen LogP contribution is 2.20. The Labute approximate surface area is 185 Å². The van der Waals surface area contributed by atoms with E-state index in [0.29, 0.717) is 11.3 Å². The van der Waals surface area contributed by atoms with Gasteiger partial charge in [0, 0.05) is 30.9 Å². The lowest BCUT2D eigenvalue weighted by Gasteiger charge is -2.27. The third-order valence-electron chi connectivity index (χ3n) is 6.22. The Kier molecular flexibility index (Phi) is 7.32. The number of ether oxygens (including phenoxy) is 1. The third-order valence-corrected chi connectivity index (χ3v) is 6.84. The van der Waals surface area contributed by atoms with Crippen LogP contribution in [-0.4, -0.2) is 49.5 Å². The van der Waals surface area contributed by atoms with E-state index in [9.17, 15) is 0 Å². The zero-order valence-electron chi connectivity index (χ0n) is 17.8. The number of thiol groups is 1. The standard InChI is InChI=1S/C26H32N2OS/c1-29-23-11-9-20(10-12-23)14-17-28(19-25-26(30)13-16-27-25)18-15-22-7-4-6-21-5-2-3-8-24(21)22/h2-12,25-27,30H,13-19H2,1H3/t25-,26-/m0/s1. The second-order valence-corrected chi connectivity index (χ2v) is 8.87. The van der Waals surface area contributed by atoms with Crippen molar-refractivity contribution in [1.82, 2.24) is 10.2 Å². The number of nitrogens with zero attached hydrogens (tertiary/aromatic N) is 1. The summed E-state index contributed by atoms with van der Waals surface area (Å²) in [5.41, 5.74) is 2.79. The van der Waals surface area contributed by atoms with E-state index in [1.165, 1.54) is 21.9 Å². The van der Waals surface area contributed by atoms with Crippen molar-refractivity contribution < 1.29 is 4.74 Å². The molecule has 0 unspecified atom stereocenters. The average molecular weight is 421 g/mol. The molecular weight excluding hydrogens is 388 g/mol. The number of fused-ring (bicyclic) bond motifs is 1. The van der Waals surface area contributed by atoms with Gasteiger partial charge in [-0.1, -0.05) is 54.6 Å². The molecule has 158 valence electrons. The fourth-order valence-corrected chi connectivity index (χ4v) is 4.71. The normalized spacial score (nSPS) is 18.9. The van der Waals surface area contributed by atoms with E-state index in [4.69, 9.17) is 17.4 Å². The maximum absolute atomic E-state index is 5.29. The van der Waals surface area contributed by atoms with Crippen molar-refractivity contribution in [3.8, 4) is 5.75 Å². The van der Waals surface area contributed by atoms with Crippen LogP contribution >= 0.6 is 12.6 Å². The van der Waals surface area contributed by atoms with Gasteiger partial charge in [0.2, 0.25) is 0 Å². The molecule has 1 fully saturated rings. The smallest absolute Gasteiger partial charge is 0.118 e. The highest BCUT2D eigenvalue weighted by Gasteiger charge is 2.25. The van der Waals surface area contributed by atoms with E-state index in [0.717, 1.165) is 51.2 Å². The Balaban J connectivity index is 1.43. The van der Waals surface area contributed by atoms with Crippen molar-refractivity contribution in [3.63, 3.8) is 0 Å². The molecule has 1 saturated heterocycles. The monoisotopic (exact) mass is 420 g/mol.